The molecule has 0 saturated heterocycles. The molecule has 1 atom stereocenters. The molecular formula is C11H12ClFN2OS. The summed E-state index contributed by atoms with van der Waals surface area (Å²) in [5, 5.41) is 0.240. The minimum Gasteiger partial charge on any atom is -0.392 e. The molecule has 1 aromatic carbocycles. The quantitative estimate of drug-likeness (QED) is 0.860. The summed E-state index contributed by atoms with van der Waals surface area (Å²) in [6.07, 6.45) is 0. The standard InChI is InChI=1S/C11H12ClFN2OS/c1-6(10(14)17)15(2)11(16)8-4-3-7(12)5-9(8)13/h3-6H,1-2H3,(H2,14,17). The van der Waals surface area contributed by atoms with E-state index in [-0.39, 0.29) is 15.6 Å². The third-order valence-corrected chi connectivity index (χ3v) is 3.05. The van der Waals surface area contributed by atoms with Gasteiger partial charge in [0, 0.05) is 12.1 Å². The third kappa shape index (κ3) is 3.14. The van der Waals surface area contributed by atoms with Crippen LogP contribution in [0.25, 0.3) is 0 Å². The molecule has 1 amide bonds. The maximum absolute atomic E-state index is 13.5. The number of nitrogens with two attached hydrogens (primary N) is 1. The summed E-state index contributed by atoms with van der Waals surface area (Å²) in [4.78, 5) is 13.4. The van der Waals surface area contributed by atoms with Gasteiger partial charge in [0.1, 0.15) is 5.82 Å². The highest BCUT2D eigenvalue weighted by atomic mass is 35.5. The summed E-state index contributed by atoms with van der Waals surface area (Å²) < 4.78 is 13.5. The summed E-state index contributed by atoms with van der Waals surface area (Å²) in [7, 11) is 1.51. The first-order valence-corrected chi connectivity index (χ1v) is 5.64. The number of likely N-dealkylation sites (N-methyl/N-ethyl adjacent to an activating group) is 1. The second-order valence-corrected chi connectivity index (χ2v) is 4.53. The van der Waals surface area contributed by atoms with E-state index in [9.17, 15) is 9.18 Å². The summed E-state index contributed by atoms with van der Waals surface area (Å²) >= 11 is 10.4. The maximum Gasteiger partial charge on any atom is 0.257 e. The molecule has 17 heavy (non-hydrogen) atoms. The highest BCUT2D eigenvalue weighted by molar-refractivity contribution is 7.80. The minimum atomic E-state index is -0.663. The fraction of sp³-hybridized carbons (Fsp3) is 0.273. The van der Waals surface area contributed by atoms with Crippen LogP contribution < -0.4 is 5.73 Å². The van der Waals surface area contributed by atoms with E-state index in [1.807, 2.05) is 0 Å². The Morgan fingerprint density at radius 2 is 2.18 bits per heavy atom. The molecule has 6 heteroatoms. The lowest BCUT2D eigenvalue weighted by molar-refractivity contribution is 0.0774. The van der Waals surface area contributed by atoms with Crippen molar-refractivity contribution in [2.45, 2.75) is 13.0 Å². The Bertz CT molecular complexity index is 467. The van der Waals surface area contributed by atoms with Crippen LogP contribution in [-0.2, 0) is 0 Å². The van der Waals surface area contributed by atoms with E-state index in [0.29, 0.717) is 0 Å². The molecule has 0 spiro atoms. The minimum absolute atomic E-state index is 0.0556. The molecule has 1 unspecified atom stereocenters. The Morgan fingerprint density at radius 1 is 1.59 bits per heavy atom. The van der Waals surface area contributed by atoms with Crippen molar-refractivity contribution >= 4 is 34.7 Å². The first-order valence-electron chi connectivity index (χ1n) is 4.86. The monoisotopic (exact) mass is 274 g/mol. The Hall–Kier alpha value is -1.20. The molecule has 1 rings (SSSR count). The molecule has 0 aliphatic rings. The van der Waals surface area contributed by atoms with Crippen molar-refractivity contribution in [3.8, 4) is 0 Å². The smallest absolute Gasteiger partial charge is 0.257 e. The molecule has 0 aromatic heterocycles. The van der Waals surface area contributed by atoms with Gasteiger partial charge in [0.2, 0.25) is 0 Å². The molecule has 0 radical (unpaired) electrons. The molecule has 0 heterocycles. The molecule has 0 aliphatic heterocycles. The van der Waals surface area contributed by atoms with E-state index in [1.54, 1.807) is 6.92 Å². The van der Waals surface area contributed by atoms with E-state index in [1.165, 1.54) is 24.1 Å². The predicted molar refractivity (Wildman–Crippen MR) is 69.8 cm³/mol. The van der Waals surface area contributed by atoms with Gasteiger partial charge < -0.3 is 10.6 Å². The van der Waals surface area contributed by atoms with Gasteiger partial charge in [-0.15, -0.1) is 0 Å². The molecule has 0 aliphatic carbocycles. The van der Waals surface area contributed by atoms with Crippen LogP contribution in [0.5, 0.6) is 0 Å². The second kappa shape index (κ2) is 5.42. The van der Waals surface area contributed by atoms with E-state index in [0.717, 1.165) is 6.07 Å². The van der Waals surface area contributed by atoms with Crippen LogP contribution in [0, 0.1) is 5.82 Å². The predicted octanol–water partition coefficient (Wildman–Crippen LogP) is 2.23. The number of nitrogens with zero attached hydrogens (tertiary/aromatic N) is 1. The Morgan fingerprint density at radius 3 is 2.65 bits per heavy atom. The molecule has 0 bridgehead atoms. The van der Waals surface area contributed by atoms with Gasteiger partial charge in [0.25, 0.3) is 5.91 Å². The van der Waals surface area contributed by atoms with Crippen molar-refractivity contribution in [3.63, 3.8) is 0 Å². The summed E-state index contributed by atoms with van der Waals surface area (Å²) in [6.45, 7) is 1.67. The summed E-state index contributed by atoms with van der Waals surface area (Å²) in [5.74, 6) is -1.15. The average molecular weight is 275 g/mol. The molecule has 1 aromatic rings. The Balaban J connectivity index is 3.00. The number of rotatable bonds is 3. The molecule has 0 fully saturated rings. The number of thiocarbonyl (C=S) groups is 1. The maximum atomic E-state index is 13.5. The van der Waals surface area contributed by atoms with Crippen molar-refractivity contribution in [1.29, 1.82) is 0 Å². The topological polar surface area (TPSA) is 46.3 Å². The lowest BCUT2D eigenvalue weighted by Crippen LogP contribution is -2.43. The first kappa shape index (κ1) is 13.9. The van der Waals surface area contributed by atoms with E-state index in [4.69, 9.17) is 29.6 Å². The van der Waals surface area contributed by atoms with Crippen molar-refractivity contribution in [1.82, 2.24) is 4.90 Å². The molecule has 0 saturated carbocycles. The van der Waals surface area contributed by atoms with Crippen LogP contribution in [0.2, 0.25) is 5.02 Å². The van der Waals surface area contributed by atoms with E-state index >= 15 is 0 Å². The van der Waals surface area contributed by atoms with Crippen LogP contribution in [-0.4, -0.2) is 28.9 Å². The SMILES string of the molecule is CC(C(N)=S)N(C)C(=O)c1ccc(Cl)cc1F. The van der Waals surface area contributed by atoms with E-state index in [2.05, 4.69) is 0 Å². The van der Waals surface area contributed by atoms with Crippen molar-refractivity contribution in [2.75, 3.05) is 7.05 Å². The number of carbonyl (C=O) groups excluding carboxylic acids is 1. The van der Waals surface area contributed by atoms with E-state index < -0.39 is 17.8 Å². The fourth-order valence-electron chi connectivity index (χ4n) is 1.22. The number of carbonyl (C=O) groups is 1. The van der Waals surface area contributed by atoms with Crippen molar-refractivity contribution in [3.05, 3.63) is 34.6 Å². The molecule has 2 N–H and O–H groups in total. The molecular weight excluding hydrogens is 263 g/mol. The first-order chi connectivity index (χ1) is 7.84. The molecule has 3 nitrogen and oxygen atoms in total. The normalized spacial score (nSPS) is 12.0. The Kier molecular flexibility index (Phi) is 4.42. The Labute approximate surface area is 109 Å². The average Bonchev–Trinajstić information content (AvgIpc) is 2.26. The number of amides is 1. The van der Waals surface area contributed by atoms with Gasteiger partial charge in [-0.1, -0.05) is 23.8 Å². The van der Waals surface area contributed by atoms with Crippen LogP contribution in [0.1, 0.15) is 17.3 Å². The highest BCUT2D eigenvalue weighted by Gasteiger charge is 2.21. The van der Waals surface area contributed by atoms with Gasteiger partial charge in [-0.3, -0.25) is 4.79 Å². The lowest BCUT2D eigenvalue weighted by atomic mass is 10.1. The van der Waals surface area contributed by atoms with Crippen LogP contribution >= 0.6 is 23.8 Å². The summed E-state index contributed by atoms with van der Waals surface area (Å²) in [5.41, 5.74) is 5.38. The molecule has 92 valence electrons. The highest BCUT2D eigenvalue weighted by Crippen LogP contribution is 2.16. The van der Waals surface area contributed by atoms with Gasteiger partial charge in [-0.2, -0.15) is 0 Å². The van der Waals surface area contributed by atoms with Crippen LogP contribution in [0.4, 0.5) is 4.39 Å². The fourth-order valence-corrected chi connectivity index (χ4v) is 1.54. The van der Waals surface area contributed by atoms with Crippen molar-refractivity contribution in [2.24, 2.45) is 5.73 Å². The van der Waals surface area contributed by atoms with Gasteiger partial charge in [0.15, 0.2) is 0 Å². The zero-order valence-electron chi connectivity index (χ0n) is 9.41. The van der Waals surface area contributed by atoms with Gasteiger partial charge >= 0.3 is 0 Å². The van der Waals surface area contributed by atoms with Crippen LogP contribution in [0.15, 0.2) is 18.2 Å². The number of hydrogen-bond acceptors (Lipinski definition) is 2. The van der Waals surface area contributed by atoms with Crippen molar-refractivity contribution < 1.29 is 9.18 Å². The number of benzene rings is 1. The second-order valence-electron chi connectivity index (χ2n) is 3.62. The largest absolute Gasteiger partial charge is 0.392 e. The van der Waals surface area contributed by atoms with Gasteiger partial charge in [-0.25, -0.2) is 4.39 Å². The number of hydrogen-bond donors (Lipinski definition) is 1. The zero-order valence-corrected chi connectivity index (χ0v) is 11.0. The zero-order chi connectivity index (χ0) is 13.2. The summed E-state index contributed by atoms with van der Waals surface area (Å²) in [6, 6.07) is 3.45. The number of halogens is 2. The lowest BCUT2D eigenvalue weighted by Gasteiger charge is -2.24. The third-order valence-electron chi connectivity index (χ3n) is 2.47. The van der Waals surface area contributed by atoms with Gasteiger partial charge in [0.05, 0.1) is 16.6 Å². The van der Waals surface area contributed by atoms with Gasteiger partial charge in [-0.05, 0) is 25.1 Å². The van der Waals surface area contributed by atoms with Crippen LogP contribution in [0.3, 0.4) is 0 Å².